The lowest BCUT2D eigenvalue weighted by Gasteiger charge is -2.17. The van der Waals surface area contributed by atoms with Gasteiger partial charge in [0.15, 0.2) is 0 Å². The van der Waals surface area contributed by atoms with Crippen LogP contribution in [0.5, 0.6) is 0 Å². The van der Waals surface area contributed by atoms with Gasteiger partial charge in [-0.15, -0.1) is 0 Å². The molecule has 0 radical (unpaired) electrons. The minimum atomic E-state index is -1.28. The van der Waals surface area contributed by atoms with E-state index in [4.69, 9.17) is 0 Å². The molecule has 0 aliphatic carbocycles. The lowest BCUT2D eigenvalue weighted by molar-refractivity contribution is 0.561. The predicted molar refractivity (Wildman–Crippen MR) is 79.2 cm³/mol. The average Bonchev–Trinajstić information content (AvgIpc) is 2.21. The van der Waals surface area contributed by atoms with Crippen LogP contribution in [0.25, 0.3) is 0 Å². The third-order valence-corrected chi connectivity index (χ3v) is 4.07. The third-order valence-electron chi connectivity index (χ3n) is 2.01. The molecule has 1 atom stereocenters. The Kier molecular flexibility index (Phi) is 5.40. The fraction of sp³-hybridized carbons (Fsp3) is 0.417. The molecule has 0 spiro atoms. The highest BCUT2D eigenvalue weighted by Crippen LogP contribution is 2.17. The zero-order valence-electron chi connectivity index (χ0n) is 10.0. The highest BCUT2D eigenvalue weighted by atomic mass is 127. The van der Waals surface area contributed by atoms with Crippen LogP contribution >= 0.6 is 22.6 Å². The van der Waals surface area contributed by atoms with Crippen LogP contribution in [0.2, 0.25) is 0 Å². The van der Waals surface area contributed by atoms with E-state index in [-0.39, 0.29) is 10.6 Å². The summed E-state index contributed by atoms with van der Waals surface area (Å²) in [6.45, 7) is 5.56. The Hall–Kier alpha value is -0.140. The minimum Gasteiger partial charge on any atom is -0.591 e. The van der Waals surface area contributed by atoms with E-state index >= 15 is 0 Å². The standard InChI is InChI=1S/C12H15FINOS/c1-12(2,3)17(16)15-7-6-9-8-10(14)4-5-11(9)13/h4-5,7-8H,6H2,1-3H3. The molecular weight excluding hydrogens is 352 g/mol. The van der Waals surface area contributed by atoms with Gasteiger partial charge < -0.3 is 4.55 Å². The SMILES string of the molecule is CC(C)(C)[S+]([O-])N=CCc1cc(I)ccc1F. The fourth-order valence-corrected chi connectivity index (χ4v) is 2.14. The molecule has 0 saturated heterocycles. The summed E-state index contributed by atoms with van der Waals surface area (Å²) >= 11 is 0.851. The first-order valence-corrected chi connectivity index (χ1v) is 7.37. The molecule has 1 aromatic rings. The molecule has 1 aromatic carbocycles. The highest BCUT2D eigenvalue weighted by Gasteiger charge is 2.25. The Balaban J connectivity index is 2.67. The number of nitrogens with zero attached hydrogens (tertiary/aromatic N) is 1. The van der Waals surface area contributed by atoms with Crippen molar-refractivity contribution in [3.8, 4) is 0 Å². The van der Waals surface area contributed by atoms with Gasteiger partial charge in [0, 0.05) is 9.99 Å². The van der Waals surface area contributed by atoms with Gasteiger partial charge in [-0.2, -0.15) is 0 Å². The van der Waals surface area contributed by atoms with E-state index in [1.807, 2.05) is 20.8 Å². The van der Waals surface area contributed by atoms with Crippen LogP contribution in [-0.2, 0) is 17.8 Å². The van der Waals surface area contributed by atoms with E-state index in [0.29, 0.717) is 12.0 Å². The first-order valence-electron chi connectivity index (χ1n) is 5.19. The Morgan fingerprint density at radius 3 is 2.71 bits per heavy atom. The zero-order chi connectivity index (χ0) is 13.1. The smallest absolute Gasteiger partial charge is 0.144 e. The monoisotopic (exact) mass is 367 g/mol. The Labute approximate surface area is 118 Å². The number of hydrogen-bond acceptors (Lipinski definition) is 2. The molecular formula is C12H15FINOS. The second-order valence-corrected chi connectivity index (χ2v) is 7.77. The van der Waals surface area contributed by atoms with Gasteiger partial charge in [-0.1, -0.05) is 4.40 Å². The van der Waals surface area contributed by atoms with Crippen LogP contribution in [0.15, 0.2) is 22.6 Å². The molecule has 94 valence electrons. The molecule has 0 saturated carbocycles. The number of rotatable bonds is 3. The molecule has 0 bridgehead atoms. The molecule has 0 amide bonds. The molecule has 0 N–H and O–H groups in total. The Morgan fingerprint density at radius 1 is 1.47 bits per heavy atom. The Morgan fingerprint density at radius 2 is 2.12 bits per heavy atom. The van der Waals surface area contributed by atoms with Crippen molar-refractivity contribution in [2.24, 2.45) is 4.40 Å². The van der Waals surface area contributed by atoms with Gasteiger partial charge >= 0.3 is 0 Å². The molecule has 0 heterocycles. The van der Waals surface area contributed by atoms with Crippen molar-refractivity contribution in [1.82, 2.24) is 0 Å². The summed E-state index contributed by atoms with van der Waals surface area (Å²) in [5.41, 5.74) is 0.576. The van der Waals surface area contributed by atoms with Gasteiger partial charge in [0.1, 0.15) is 21.9 Å². The topological polar surface area (TPSA) is 35.4 Å². The van der Waals surface area contributed by atoms with Gasteiger partial charge in [0.25, 0.3) is 0 Å². The van der Waals surface area contributed by atoms with Crippen molar-refractivity contribution in [2.75, 3.05) is 0 Å². The molecule has 0 aliphatic rings. The summed E-state index contributed by atoms with van der Waals surface area (Å²) in [7, 11) is 0. The van der Waals surface area contributed by atoms with Crippen LogP contribution in [0.1, 0.15) is 26.3 Å². The van der Waals surface area contributed by atoms with E-state index in [2.05, 4.69) is 27.0 Å². The van der Waals surface area contributed by atoms with E-state index in [1.165, 1.54) is 12.3 Å². The summed E-state index contributed by atoms with van der Waals surface area (Å²) < 4.78 is 29.6. The van der Waals surface area contributed by atoms with Gasteiger partial charge in [0.2, 0.25) is 0 Å². The van der Waals surface area contributed by atoms with Crippen LogP contribution < -0.4 is 0 Å². The average molecular weight is 367 g/mol. The van der Waals surface area contributed by atoms with Crippen molar-refractivity contribution >= 4 is 40.2 Å². The van der Waals surface area contributed by atoms with Gasteiger partial charge in [-0.25, -0.2) is 4.39 Å². The van der Waals surface area contributed by atoms with Crippen molar-refractivity contribution in [2.45, 2.75) is 31.9 Å². The third kappa shape index (κ3) is 4.93. The molecule has 2 nitrogen and oxygen atoms in total. The molecule has 1 rings (SSSR count). The van der Waals surface area contributed by atoms with Gasteiger partial charge in [-0.05, 0) is 67.1 Å². The number of benzene rings is 1. The second kappa shape index (κ2) is 6.15. The normalized spacial score (nSPS) is 14.2. The molecule has 5 heteroatoms. The van der Waals surface area contributed by atoms with E-state index in [0.717, 1.165) is 3.57 Å². The van der Waals surface area contributed by atoms with Crippen LogP contribution in [-0.4, -0.2) is 15.5 Å². The van der Waals surface area contributed by atoms with Crippen molar-refractivity contribution in [3.05, 3.63) is 33.1 Å². The van der Waals surface area contributed by atoms with Crippen LogP contribution in [0.3, 0.4) is 0 Å². The van der Waals surface area contributed by atoms with Crippen LogP contribution in [0.4, 0.5) is 4.39 Å². The van der Waals surface area contributed by atoms with Crippen molar-refractivity contribution in [1.29, 1.82) is 0 Å². The molecule has 0 fully saturated rings. The summed E-state index contributed by atoms with van der Waals surface area (Å²) in [5, 5.41) is 0. The number of hydrogen-bond donors (Lipinski definition) is 0. The lowest BCUT2D eigenvalue weighted by Crippen LogP contribution is -2.25. The van der Waals surface area contributed by atoms with E-state index in [1.54, 1.807) is 12.1 Å². The summed E-state index contributed by atoms with van der Waals surface area (Å²) in [6, 6.07) is 4.91. The maximum absolute atomic E-state index is 13.4. The maximum Gasteiger partial charge on any atom is 0.144 e. The predicted octanol–water partition coefficient (Wildman–Crippen LogP) is 3.51. The summed E-state index contributed by atoms with van der Waals surface area (Å²) in [4.78, 5) is 0. The maximum atomic E-state index is 13.4. The Bertz CT molecular complexity index is 417. The van der Waals surface area contributed by atoms with Gasteiger partial charge in [-0.3, -0.25) is 0 Å². The van der Waals surface area contributed by atoms with E-state index < -0.39 is 11.4 Å². The first kappa shape index (κ1) is 14.9. The van der Waals surface area contributed by atoms with E-state index in [9.17, 15) is 8.94 Å². The molecule has 0 aromatic heterocycles. The van der Waals surface area contributed by atoms with Crippen LogP contribution in [0, 0.1) is 9.39 Å². The summed E-state index contributed by atoms with van der Waals surface area (Å²) in [5.74, 6) is -0.251. The van der Waals surface area contributed by atoms with Crippen molar-refractivity contribution in [3.63, 3.8) is 0 Å². The summed E-state index contributed by atoms with van der Waals surface area (Å²) in [6.07, 6.45) is 1.89. The number of halogens is 2. The first-order chi connectivity index (χ1) is 7.80. The van der Waals surface area contributed by atoms with Gasteiger partial charge in [0.05, 0.1) is 6.21 Å². The molecule has 0 aliphatic heterocycles. The second-order valence-electron chi connectivity index (χ2n) is 4.59. The fourth-order valence-electron chi connectivity index (χ4n) is 1.06. The largest absolute Gasteiger partial charge is 0.591 e. The molecule has 17 heavy (non-hydrogen) atoms. The quantitative estimate of drug-likeness (QED) is 0.458. The molecule has 1 unspecified atom stereocenters. The minimum absolute atomic E-state index is 0.251. The van der Waals surface area contributed by atoms with Crippen molar-refractivity contribution < 1.29 is 8.94 Å². The zero-order valence-corrected chi connectivity index (χ0v) is 13.0. The lowest BCUT2D eigenvalue weighted by atomic mass is 10.1. The highest BCUT2D eigenvalue weighted by molar-refractivity contribution is 14.1.